The minimum atomic E-state index is -0.370. The zero-order valence-electron chi connectivity index (χ0n) is 10.9. The number of hydrogen-bond acceptors (Lipinski definition) is 4. The standard InChI is InChI=1S/C13H18BrN3O2/c1-16-6-4-10(5-7-16)9-15-11-2-3-12(14)13(8-11)17(18)19/h2-3,8,10,15H,4-7,9H2,1H3. The monoisotopic (exact) mass is 327 g/mol. The van der Waals surface area contributed by atoms with E-state index in [-0.39, 0.29) is 10.6 Å². The third kappa shape index (κ3) is 3.91. The van der Waals surface area contributed by atoms with Gasteiger partial charge in [0.1, 0.15) is 0 Å². The molecule has 1 saturated heterocycles. The lowest BCUT2D eigenvalue weighted by Gasteiger charge is -2.29. The van der Waals surface area contributed by atoms with E-state index >= 15 is 0 Å². The van der Waals surface area contributed by atoms with Crippen LogP contribution in [0.4, 0.5) is 11.4 Å². The number of halogens is 1. The Bertz CT molecular complexity index is 459. The van der Waals surface area contributed by atoms with E-state index in [9.17, 15) is 10.1 Å². The molecule has 0 saturated carbocycles. The van der Waals surface area contributed by atoms with Crippen LogP contribution in [0.15, 0.2) is 22.7 Å². The molecule has 0 atom stereocenters. The number of nitro benzene ring substituents is 1. The summed E-state index contributed by atoms with van der Waals surface area (Å²) in [5.41, 5.74) is 0.919. The topological polar surface area (TPSA) is 58.4 Å². The smallest absolute Gasteiger partial charge is 0.285 e. The van der Waals surface area contributed by atoms with Crippen LogP contribution in [0.3, 0.4) is 0 Å². The Hall–Kier alpha value is -1.14. The Labute approximate surface area is 121 Å². The first-order chi connectivity index (χ1) is 9.06. The summed E-state index contributed by atoms with van der Waals surface area (Å²) in [6.07, 6.45) is 2.37. The Morgan fingerprint density at radius 1 is 1.47 bits per heavy atom. The molecule has 2 rings (SSSR count). The van der Waals surface area contributed by atoms with Crippen molar-refractivity contribution in [3.8, 4) is 0 Å². The predicted octanol–water partition coefficient (Wildman–Crippen LogP) is 3.11. The van der Waals surface area contributed by atoms with Crippen molar-refractivity contribution < 1.29 is 4.92 Å². The van der Waals surface area contributed by atoms with Gasteiger partial charge in [-0.1, -0.05) is 0 Å². The largest absolute Gasteiger partial charge is 0.385 e. The molecule has 5 nitrogen and oxygen atoms in total. The molecule has 1 aromatic carbocycles. The number of piperidine rings is 1. The molecule has 0 aromatic heterocycles. The van der Waals surface area contributed by atoms with Crippen LogP contribution >= 0.6 is 15.9 Å². The van der Waals surface area contributed by atoms with E-state index in [2.05, 4.69) is 33.2 Å². The average molecular weight is 328 g/mol. The van der Waals surface area contributed by atoms with Crippen LogP contribution in [0, 0.1) is 16.0 Å². The first kappa shape index (κ1) is 14.3. The van der Waals surface area contributed by atoms with Crippen molar-refractivity contribution in [2.45, 2.75) is 12.8 Å². The number of benzene rings is 1. The van der Waals surface area contributed by atoms with E-state index in [1.54, 1.807) is 12.1 Å². The Morgan fingerprint density at radius 2 is 2.16 bits per heavy atom. The van der Waals surface area contributed by atoms with Gasteiger partial charge in [0, 0.05) is 18.3 Å². The lowest BCUT2D eigenvalue weighted by molar-refractivity contribution is -0.385. The van der Waals surface area contributed by atoms with E-state index in [0.29, 0.717) is 10.4 Å². The minimum absolute atomic E-state index is 0.105. The van der Waals surface area contributed by atoms with E-state index < -0.39 is 0 Å². The van der Waals surface area contributed by atoms with Crippen LogP contribution in [-0.4, -0.2) is 36.5 Å². The first-order valence-corrected chi connectivity index (χ1v) is 7.22. The Kier molecular flexibility index (Phi) is 4.76. The van der Waals surface area contributed by atoms with Gasteiger partial charge in [-0.2, -0.15) is 0 Å². The van der Waals surface area contributed by atoms with Crippen molar-refractivity contribution in [1.82, 2.24) is 4.90 Å². The van der Waals surface area contributed by atoms with Gasteiger partial charge >= 0.3 is 0 Å². The highest BCUT2D eigenvalue weighted by atomic mass is 79.9. The van der Waals surface area contributed by atoms with Gasteiger partial charge in [0.2, 0.25) is 0 Å². The van der Waals surface area contributed by atoms with Gasteiger partial charge in [0.25, 0.3) is 5.69 Å². The molecule has 0 unspecified atom stereocenters. The van der Waals surface area contributed by atoms with Gasteiger partial charge in [0.05, 0.1) is 9.40 Å². The summed E-state index contributed by atoms with van der Waals surface area (Å²) in [6, 6.07) is 5.17. The molecular formula is C13H18BrN3O2. The SMILES string of the molecule is CN1CCC(CNc2ccc(Br)c([N+](=O)[O-])c2)CC1. The number of likely N-dealkylation sites (tertiary alicyclic amines) is 1. The molecule has 19 heavy (non-hydrogen) atoms. The molecule has 1 heterocycles. The number of nitro groups is 1. The summed E-state index contributed by atoms with van der Waals surface area (Å²) in [6.45, 7) is 3.15. The first-order valence-electron chi connectivity index (χ1n) is 6.42. The van der Waals surface area contributed by atoms with Crippen molar-refractivity contribution >= 4 is 27.3 Å². The maximum atomic E-state index is 10.9. The fraction of sp³-hybridized carbons (Fsp3) is 0.538. The molecule has 0 spiro atoms. The molecule has 0 amide bonds. The second kappa shape index (κ2) is 6.34. The number of nitrogens with one attached hydrogen (secondary N) is 1. The second-order valence-corrected chi connectivity index (χ2v) is 5.91. The summed E-state index contributed by atoms with van der Waals surface area (Å²) >= 11 is 3.19. The van der Waals surface area contributed by atoms with Gasteiger partial charge in [-0.25, -0.2) is 0 Å². The average Bonchev–Trinajstić information content (AvgIpc) is 2.39. The number of rotatable bonds is 4. The van der Waals surface area contributed by atoms with Gasteiger partial charge in [-0.05, 0) is 67.0 Å². The molecule has 0 radical (unpaired) electrons. The fourth-order valence-electron chi connectivity index (χ4n) is 2.29. The Morgan fingerprint density at radius 3 is 2.79 bits per heavy atom. The van der Waals surface area contributed by atoms with Gasteiger partial charge in [-0.15, -0.1) is 0 Å². The molecule has 1 aliphatic rings. The molecule has 104 valence electrons. The van der Waals surface area contributed by atoms with Crippen LogP contribution in [-0.2, 0) is 0 Å². The zero-order valence-corrected chi connectivity index (χ0v) is 12.5. The highest BCUT2D eigenvalue weighted by Crippen LogP contribution is 2.28. The lowest BCUT2D eigenvalue weighted by Crippen LogP contribution is -2.32. The third-order valence-corrected chi connectivity index (χ3v) is 4.25. The van der Waals surface area contributed by atoms with Crippen LogP contribution in [0.5, 0.6) is 0 Å². The summed E-state index contributed by atoms with van der Waals surface area (Å²) in [5.74, 6) is 0.652. The van der Waals surface area contributed by atoms with Crippen molar-refractivity contribution in [1.29, 1.82) is 0 Å². The van der Waals surface area contributed by atoms with E-state index in [4.69, 9.17) is 0 Å². The molecule has 1 aliphatic heterocycles. The normalized spacial score (nSPS) is 17.4. The summed E-state index contributed by atoms with van der Waals surface area (Å²) in [5, 5.41) is 14.2. The molecule has 1 aromatic rings. The number of hydrogen-bond donors (Lipinski definition) is 1. The maximum Gasteiger partial charge on any atom is 0.285 e. The second-order valence-electron chi connectivity index (χ2n) is 5.05. The fourth-order valence-corrected chi connectivity index (χ4v) is 2.68. The molecule has 1 fully saturated rings. The van der Waals surface area contributed by atoms with Crippen LogP contribution in [0.1, 0.15) is 12.8 Å². The lowest BCUT2D eigenvalue weighted by atomic mass is 9.97. The van der Waals surface area contributed by atoms with Crippen molar-refractivity contribution in [2.24, 2.45) is 5.92 Å². The molecule has 0 aliphatic carbocycles. The van der Waals surface area contributed by atoms with Crippen LogP contribution < -0.4 is 5.32 Å². The number of nitrogens with zero attached hydrogens (tertiary/aromatic N) is 2. The maximum absolute atomic E-state index is 10.9. The zero-order chi connectivity index (χ0) is 13.8. The van der Waals surface area contributed by atoms with Crippen molar-refractivity contribution in [3.05, 3.63) is 32.8 Å². The van der Waals surface area contributed by atoms with E-state index in [1.807, 2.05) is 6.07 Å². The van der Waals surface area contributed by atoms with Crippen LogP contribution in [0.2, 0.25) is 0 Å². The Balaban J connectivity index is 1.92. The highest BCUT2D eigenvalue weighted by Gasteiger charge is 2.17. The molecule has 1 N–H and O–H groups in total. The predicted molar refractivity (Wildman–Crippen MR) is 79.5 cm³/mol. The highest BCUT2D eigenvalue weighted by molar-refractivity contribution is 9.10. The van der Waals surface area contributed by atoms with Crippen molar-refractivity contribution in [2.75, 3.05) is 32.0 Å². The number of anilines is 1. The molecule has 0 bridgehead atoms. The molecular weight excluding hydrogens is 310 g/mol. The van der Waals surface area contributed by atoms with Crippen LogP contribution in [0.25, 0.3) is 0 Å². The van der Waals surface area contributed by atoms with E-state index in [1.165, 1.54) is 12.8 Å². The summed E-state index contributed by atoms with van der Waals surface area (Å²) in [4.78, 5) is 12.8. The van der Waals surface area contributed by atoms with Crippen molar-refractivity contribution in [3.63, 3.8) is 0 Å². The van der Waals surface area contributed by atoms with Gasteiger partial charge in [0.15, 0.2) is 0 Å². The molecule has 6 heteroatoms. The van der Waals surface area contributed by atoms with E-state index in [0.717, 1.165) is 25.3 Å². The quantitative estimate of drug-likeness (QED) is 0.681. The summed E-state index contributed by atoms with van der Waals surface area (Å²) in [7, 11) is 2.14. The van der Waals surface area contributed by atoms with Gasteiger partial charge < -0.3 is 10.2 Å². The third-order valence-electron chi connectivity index (χ3n) is 3.58. The summed E-state index contributed by atoms with van der Waals surface area (Å²) < 4.78 is 0.516. The van der Waals surface area contributed by atoms with Gasteiger partial charge in [-0.3, -0.25) is 10.1 Å². The minimum Gasteiger partial charge on any atom is -0.385 e.